The number of carbonyl (C=O) groups is 1. The van der Waals surface area contributed by atoms with Crippen molar-refractivity contribution >= 4 is 11.7 Å². The van der Waals surface area contributed by atoms with Crippen molar-refractivity contribution in [3.8, 4) is 0 Å². The highest BCUT2D eigenvalue weighted by Crippen LogP contribution is 2.31. The van der Waals surface area contributed by atoms with E-state index in [1.807, 2.05) is 44.9 Å². The van der Waals surface area contributed by atoms with Gasteiger partial charge < -0.3 is 10.6 Å². The first-order valence-electron chi connectivity index (χ1n) is 7.48. The summed E-state index contributed by atoms with van der Waals surface area (Å²) in [6.45, 7) is 5.44. The Morgan fingerprint density at radius 3 is 2.68 bits per heavy atom. The highest BCUT2D eigenvalue weighted by atomic mass is 16.2. The first-order chi connectivity index (χ1) is 10.5. The summed E-state index contributed by atoms with van der Waals surface area (Å²) in [4.78, 5) is 12.7. The second-order valence-electron chi connectivity index (χ2n) is 5.96. The zero-order valence-electron chi connectivity index (χ0n) is 13.4. The fraction of sp³-hybridized carbons (Fsp3) is 0.533. The Morgan fingerprint density at radius 2 is 2.09 bits per heavy atom. The summed E-state index contributed by atoms with van der Waals surface area (Å²) in [6, 6.07) is 1.88. The minimum Gasteiger partial charge on any atom is -0.315 e. The number of hydrogen-bond donors (Lipinski definition) is 2. The monoisotopic (exact) mass is 302 g/mol. The second-order valence-corrected chi connectivity index (χ2v) is 5.96. The molecule has 3 heterocycles. The molecule has 0 bridgehead atoms. The molecule has 0 spiro atoms. The third-order valence-corrected chi connectivity index (χ3v) is 4.48. The third-order valence-electron chi connectivity index (χ3n) is 4.48. The van der Waals surface area contributed by atoms with Crippen molar-refractivity contribution < 1.29 is 4.79 Å². The summed E-state index contributed by atoms with van der Waals surface area (Å²) in [7, 11) is 3.76. The van der Waals surface area contributed by atoms with Crippen LogP contribution in [0.15, 0.2) is 12.3 Å². The number of anilines is 1. The van der Waals surface area contributed by atoms with Gasteiger partial charge in [0.15, 0.2) is 0 Å². The standard InChI is InChI=1S/C15H22N6O/c1-9-5-14(21(4)19-9)18-15(22)13-7-16-6-12(13)11-8-17-20(3)10(11)2/h5,8,12-13,16H,6-7H2,1-4H3,(H,18,22)/t12-,13+/m1/s1. The van der Waals surface area contributed by atoms with Crippen LogP contribution in [0, 0.1) is 19.8 Å². The Balaban J connectivity index is 1.79. The van der Waals surface area contributed by atoms with Gasteiger partial charge in [-0.25, -0.2) is 0 Å². The number of nitrogens with zero attached hydrogens (tertiary/aromatic N) is 4. The minimum absolute atomic E-state index is 0.0289. The topological polar surface area (TPSA) is 76.8 Å². The van der Waals surface area contributed by atoms with E-state index in [1.165, 1.54) is 0 Å². The number of aryl methyl sites for hydroxylation is 3. The normalized spacial score (nSPS) is 21.3. The average molecular weight is 302 g/mol. The maximum Gasteiger partial charge on any atom is 0.230 e. The fourth-order valence-electron chi connectivity index (χ4n) is 3.11. The lowest BCUT2D eigenvalue weighted by Crippen LogP contribution is -2.29. The second kappa shape index (κ2) is 5.57. The van der Waals surface area contributed by atoms with E-state index in [1.54, 1.807) is 4.68 Å². The van der Waals surface area contributed by atoms with Crippen molar-refractivity contribution in [2.24, 2.45) is 20.0 Å². The molecule has 0 saturated carbocycles. The Morgan fingerprint density at radius 1 is 1.32 bits per heavy atom. The third kappa shape index (κ3) is 2.52. The largest absolute Gasteiger partial charge is 0.315 e. The molecule has 2 N–H and O–H groups in total. The fourth-order valence-corrected chi connectivity index (χ4v) is 3.11. The van der Waals surface area contributed by atoms with E-state index in [0.717, 1.165) is 29.3 Å². The molecule has 1 aliphatic heterocycles. The molecule has 2 aromatic rings. The predicted octanol–water partition coefficient (Wildman–Crippen LogP) is 0.712. The highest BCUT2D eigenvalue weighted by Gasteiger charge is 2.36. The first kappa shape index (κ1) is 14.8. The van der Waals surface area contributed by atoms with E-state index in [4.69, 9.17) is 0 Å². The van der Waals surface area contributed by atoms with Crippen molar-refractivity contribution in [2.45, 2.75) is 19.8 Å². The number of nitrogens with one attached hydrogen (secondary N) is 2. The van der Waals surface area contributed by atoms with E-state index in [-0.39, 0.29) is 17.7 Å². The maximum atomic E-state index is 12.7. The summed E-state index contributed by atoms with van der Waals surface area (Å²) in [6.07, 6.45) is 1.88. The molecule has 1 amide bonds. The van der Waals surface area contributed by atoms with Crippen LogP contribution in [0.25, 0.3) is 0 Å². The van der Waals surface area contributed by atoms with Gasteiger partial charge in [0, 0.05) is 44.9 Å². The summed E-state index contributed by atoms with van der Waals surface area (Å²) < 4.78 is 3.55. The van der Waals surface area contributed by atoms with E-state index >= 15 is 0 Å². The summed E-state index contributed by atoms with van der Waals surface area (Å²) in [5.74, 6) is 0.818. The van der Waals surface area contributed by atoms with E-state index in [0.29, 0.717) is 6.54 Å². The molecule has 2 atom stereocenters. The van der Waals surface area contributed by atoms with Crippen molar-refractivity contribution in [2.75, 3.05) is 18.4 Å². The maximum absolute atomic E-state index is 12.7. The van der Waals surface area contributed by atoms with E-state index < -0.39 is 0 Å². The molecule has 7 nitrogen and oxygen atoms in total. The Labute approximate surface area is 129 Å². The van der Waals surface area contributed by atoms with Crippen LogP contribution >= 0.6 is 0 Å². The average Bonchev–Trinajstić information content (AvgIpc) is 3.13. The minimum atomic E-state index is -0.0990. The number of amides is 1. The van der Waals surface area contributed by atoms with Crippen molar-refractivity contribution in [3.05, 3.63) is 29.2 Å². The van der Waals surface area contributed by atoms with Crippen LogP contribution in [0.3, 0.4) is 0 Å². The quantitative estimate of drug-likeness (QED) is 0.875. The lowest BCUT2D eigenvalue weighted by atomic mass is 9.88. The SMILES string of the molecule is Cc1cc(NC(=O)[C@H]2CNC[C@@H]2c2cnn(C)c2C)n(C)n1. The molecule has 1 saturated heterocycles. The predicted molar refractivity (Wildman–Crippen MR) is 83.6 cm³/mol. The summed E-state index contributed by atoms with van der Waals surface area (Å²) in [5.41, 5.74) is 3.15. The molecule has 1 fully saturated rings. The molecule has 3 rings (SSSR count). The van der Waals surface area contributed by atoms with Gasteiger partial charge in [-0.15, -0.1) is 0 Å². The molecule has 0 aromatic carbocycles. The lowest BCUT2D eigenvalue weighted by Gasteiger charge is -2.18. The van der Waals surface area contributed by atoms with Crippen LogP contribution in [0.4, 0.5) is 5.82 Å². The molecule has 0 aliphatic carbocycles. The van der Waals surface area contributed by atoms with Gasteiger partial charge in [0.1, 0.15) is 5.82 Å². The van der Waals surface area contributed by atoms with Crippen LogP contribution < -0.4 is 10.6 Å². The van der Waals surface area contributed by atoms with Gasteiger partial charge in [0.25, 0.3) is 0 Å². The number of rotatable bonds is 3. The molecule has 0 unspecified atom stereocenters. The van der Waals surface area contributed by atoms with E-state index in [2.05, 4.69) is 20.8 Å². The van der Waals surface area contributed by atoms with Crippen molar-refractivity contribution in [1.29, 1.82) is 0 Å². The Bertz CT molecular complexity index is 701. The zero-order chi connectivity index (χ0) is 15.9. The van der Waals surface area contributed by atoms with Gasteiger partial charge in [-0.2, -0.15) is 10.2 Å². The molecular weight excluding hydrogens is 280 g/mol. The van der Waals surface area contributed by atoms with Gasteiger partial charge in [-0.3, -0.25) is 14.2 Å². The lowest BCUT2D eigenvalue weighted by molar-refractivity contribution is -0.119. The van der Waals surface area contributed by atoms with Crippen LogP contribution in [0.2, 0.25) is 0 Å². The first-order valence-corrected chi connectivity index (χ1v) is 7.48. The zero-order valence-corrected chi connectivity index (χ0v) is 13.4. The van der Waals surface area contributed by atoms with Crippen molar-refractivity contribution in [3.63, 3.8) is 0 Å². The smallest absolute Gasteiger partial charge is 0.230 e. The molecule has 118 valence electrons. The van der Waals surface area contributed by atoms with Gasteiger partial charge in [-0.1, -0.05) is 0 Å². The number of carbonyl (C=O) groups excluding carboxylic acids is 1. The van der Waals surface area contributed by atoms with E-state index in [9.17, 15) is 4.79 Å². The molecule has 22 heavy (non-hydrogen) atoms. The van der Waals surface area contributed by atoms with Gasteiger partial charge >= 0.3 is 0 Å². The number of hydrogen-bond acceptors (Lipinski definition) is 4. The van der Waals surface area contributed by atoms with Gasteiger partial charge in [0.2, 0.25) is 5.91 Å². The summed E-state index contributed by atoms with van der Waals surface area (Å²) >= 11 is 0. The van der Waals surface area contributed by atoms with Crippen LogP contribution in [0.5, 0.6) is 0 Å². The molecular formula is C15H22N6O. The molecule has 7 heteroatoms. The molecule has 0 radical (unpaired) electrons. The van der Waals surface area contributed by atoms with Crippen LogP contribution in [-0.2, 0) is 18.9 Å². The molecule has 2 aromatic heterocycles. The highest BCUT2D eigenvalue weighted by molar-refractivity contribution is 5.93. The number of aromatic nitrogens is 4. The van der Waals surface area contributed by atoms with Gasteiger partial charge in [0.05, 0.1) is 17.8 Å². The van der Waals surface area contributed by atoms with Crippen LogP contribution in [-0.4, -0.2) is 38.6 Å². The summed E-state index contributed by atoms with van der Waals surface area (Å²) in [5, 5.41) is 14.9. The van der Waals surface area contributed by atoms with Crippen LogP contribution in [0.1, 0.15) is 22.9 Å². The Hall–Kier alpha value is -2.15. The van der Waals surface area contributed by atoms with Gasteiger partial charge in [-0.05, 0) is 19.4 Å². The Kier molecular flexibility index (Phi) is 3.74. The van der Waals surface area contributed by atoms with Crippen molar-refractivity contribution in [1.82, 2.24) is 24.9 Å². The molecule has 1 aliphatic rings.